The standard InChI is InChI=1S/C19H17F3N4O2/c1-10-23-16(25-13-6-4-11(27-2)8-15(13)28-3)9-17(24-10)26-14-7-5-12(20)18(21)19(14)22/h4-9H,1-3H3,(H2,23,24,25,26). The number of methoxy groups -OCH3 is 2. The van der Waals surface area contributed by atoms with Gasteiger partial charge < -0.3 is 20.1 Å². The summed E-state index contributed by atoms with van der Waals surface area (Å²) in [5.74, 6) is -2.04. The molecule has 9 heteroatoms. The zero-order valence-corrected chi connectivity index (χ0v) is 15.3. The monoisotopic (exact) mass is 390 g/mol. The summed E-state index contributed by atoms with van der Waals surface area (Å²) >= 11 is 0. The molecule has 0 radical (unpaired) electrons. The summed E-state index contributed by atoms with van der Waals surface area (Å²) in [4.78, 5) is 8.40. The van der Waals surface area contributed by atoms with Gasteiger partial charge in [0, 0.05) is 12.1 Å². The number of aromatic nitrogens is 2. The van der Waals surface area contributed by atoms with E-state index in [0.717, 1.165) is 12.1 Å². The summed E-state index contributed by atoms with van der Waals surface area (Å²) in [6.45, 7) is 1.64. The second kappa shape index (κ2) is 8.03. The average Bonchev–Trinajstić information content (AvgIpc) is 2.68. The minimum absolute atomic E-state index is 0.201. The molecule has 0 bridgehead atoms. The fourth-order valence-corrected chi connectivity index (χ4v) is 2.50. The molecule has 1 aromatic heterocycles. The third-order valence-corrected chi connectivity index (χ3v) is 3.81. The molecular formula is C19H17F3N4O2. The largest absolute Gasteiger partial charge is 0.497 e. The van der Waals surface area contributed by atoms with E-state index in [1.807, 2.05) is 0 Å². The molecule has 3 rings (SSSR count). The summed E-state index contributed by atoms with van der Waals surface area (Å²) in [7, 11) is 3.06. The van der Waals surface area contributed by atoms with Gasteiger partial charge in [0.15, 0.2) is 17.5 Å². The lowest BCUT2D eigenvalue weighted by Crippen LogP contribution is -2.04. The van der Waals surface area contributed by atoms with Crippen LogP contribution in [0.3, 0.4) is 0 Å². The van der Waals surface area contributed by atoms with Crippen LogP contribution >= 0.6 is 0 Å². The Morgan fingerprint density at radius 3 is 2.07 bits per heavy atom. The Morgan fingerprint density at radius 1 is 0.786 bits per heavy atom. The molecule has 28 heavy (non-hydrogen) atoms. The number of ether oxygens (including phenoxy) is 2. The van der Waals surface area contributed by atoms with Crippen molar-refractivity contribution in [1.82, 2.24) is 9.97 Å². The second-order valence-corrected chi connectivity index (χ2v) is 5.72. The summed E-state index contributed by atoms with van der Waals surface area (Å²) in [6.07, 6.45) is 0. The van der Waals surface area contributed by atoms with E-state index in [9.17, 15) is 13.2 Å². The van der Waals surface area contributed by atoms with E-state index in [-0.39, 0.29) is 11.5 Å². The van der Waals surface area contributed by atoms with Gasteiger partial charge >= 0.3 is 0 Å². The topological polar surface area (TPSA) is 68.3 Å². The molecule has 0 aliphatic rings. The molecule has 1 heterocycles. The fraction of sp³-hybridized carbons (Fsp3) is 0.158. The molecule has 0 aliphatic heterocycles. The maximum atomic E-state index is 13.9. The van der Waals surface area contributed by atoms with Gasteiger partial charge in [-0.3, -0.25) is 0 Å². The zero-order valence-electron chi connectivity index (χ0n) is 15.3. The number of hydrogen-bond donors (Lipinski definition) is 2. The van der Waals surface area contributed by atoms with Gasteiger partial charge in [-0.1, -0.05) is 0 Å². The summed E-state index contributed by atoms with van der Waals surface area (Å²) in [5, 5.41) is 5.71. The Hall–Kier alpha value is -3.49. The van der Waals surface area contributed by atoms with Crippen LogP contribution in [0.2, 0.25) is 0 Å². The van der Waals surface area contributed by atoms with Gasteiger partial charge in [-0.15, -0.1) is 0 Å². The smallest absolute Gasteiger partial charge is 0.196 e. The van der Waals surface area contributed by atoms with Crippen molar-refractivity contribution in [3.05, 3.63) is 59.7 Å². The Bertz CT molecular complexity index is 1010. The van der Waals surface area contributed by atoms with Crippen LogP contribution in [0.5, 0.6) is 11.5 Å². The van der Waals surface area contributed by atoms with Gasteiger partial charge in [-0.05, 0) is 31.2 Å². The van der Waals surface area contributed by atoms with Crippen LogP contribution < -0.4 is 20.1 Å². The number of rotatable bonds is 6. The highest BCUT2D eigenvalue weighted by atomic mass is 19.2. The van der Waals surface area contributed by atoms with Crippen LogP contribution in [-0.4, -0.2) is 24.2 Å². The van der Waals surface area contributed by atoms with Crippen molar-refractivity contribution in [2.24, 2.45) is 0 Å². The van der Waals surface area contributed by atoms with Crippen molar-refractivity contribution in [2.45, 2.75) is 6.92 Å². The van der Waals surface area contributed by atoms with Crippen molar-refractivity contribution in [1.29, 1.82) is 0 Å². The number of anilines is 4. The van der Waals surface area contributed by atoms with E-state index in [1.54, 1.807) is 32.2 Å². The third-order valence-electron chi connectivity index (χ3n) is 3.81. The highest BCUT2D eigenvalue weighted by molar-refractivity contribution is 5.68. The predicted octanol–water partition coefficient (Wildman–Crippen LogP) is 4.71. The van der Waals surface area contributed by atoms with Crippen LogP contribution in [0.4, 0.5) is 36.2 Å². The number of nitrogens with one attached hydrogen (secondary N) is 2. The quantitative estimate of drug-likeness (QED) is 0.595. The average molecular weight is 390 g/mol. The van der Waals surface area contributed by atoms with Gasteiger partial charge in [-0.2, -0.15) is 0 Å². The molecule has 0 saturated heterocycles. The van der Waals surface area contributed by atoms with E-state index in [0.29, 0.717) is 28.8 Å². The third kappa shape index (κ3) is 4.08. The van der Waals surface area contributed by atoms with E-state index in [4.69, 9.17) is 9.47 Å². The summed E-state index contributed by atoms with van der Waals surface area (Å²) in [5.41, 5.74) is 0.372. The second-order valence-electron chi connectivity index (χ2n) is 5.72. The molecule has 0 amide bonds. The van der Waals surface area contributed by atoms with Crippen molar-refractivity contribution < 1.29 is 22.6 Å². The Labute approximate surface area is 159 Å². The molecule has 3 aromatic rings. The minimum Gasteiger partial charge on any atom is -0.497 e. The van der Waals surface area contributed by atoms with Crippen LogP contribution in [0, 0.1) is 24.4 Å². The van der Waals surface area contributed by atoms with Gasteiger partial charge in [0.1, 0.15) is 29.0 Å². The Kier molecular flexibility index (Phi) is 5.53. The highest BCUT2D eigenvalue weighted by Gasteiger charge is 2.15. The first-order valence-corrected chi connectivity index (χ1v) is 8.16. The number of hydrogen-bond acceptors (Lipinski definition) is 6. The predicted molar refractivity (Wildman–Crippen MR) is 99.2 cm³/mol. The van der Waals surface area contributed by atoms with Gasteiger partial charge in [-0.25, -0.2) is 23.1 Å². The van der Waals surface area contributed by atoms with Crippen LogP contribution in [0.25, 0.3) is 0 Å². The Balaban J connectivity index is 1.89. The lowest BCUT2D eigenvalue weighted by Gasteiger charge is -2.14. The molecule has 2 aromatic carbocycles. The molecule has 6 nitrogen and oxygen atoms in total. The summed E-state index contributed by atoms with van der Waals surface area (Å²) in [6, 6.07) is 8.61. The first kappa shape index (κ1) is 19.3. The molecule has 0 unspecified atom stereocenters. The van der Waals surface area contributed by atoms with E-state index < -0.39 is 17.5 Å². The van der Waals surface area contributed by atoms with Crippen molar-refractivity contribution in [3.8, 4) is 11.5 Å². The van der Waals surface area contributed by atoms with Gasteiger partial charge in [0.2, 0.25) is 0 Å². The molecule has 0 aliphatic carbocycles. The van der Waals surface area contributed by atoms with E-state index in [1.165, 1.54) is 13.2 Å². The lowest BCUT2D eigenvalue weighted by molar-refractivity contribution is 0.395. The first-order chi connectivity index (χ1) is 13.4. The fourth-order valence-electron chi connectivity index (χ4n) is 2.50. The number of benzene rings is 2. The maximum absolute atomic E-state index is 13.9. The normalized spacial score (nSPS) is 10.5. The number of halogens is 3. The summed E-state index contributed by atoms with van der Waals surface area (Å²) < 4.78 is 50.9. The molecule has 0 atom stereocenters. The molecule has 0 saturated carbocycles. The SMILES string of the molecule is COc1ccc(Nc2cc(Nc3ccc(F)c(F)c3F)nc(C)n2)c(OC)c1. The van der Waals surface area contributed by atoms with Gasteiger partial charge in [0.05, 0.1) is 25.6 Å². The van der Waals surface area contributed by atoms with Crippen molar-refractivity contribution in [3.63, 3.8) is 0 Å². The van der Waals surface area contributed by atoms with Crippen LogP contribution in [-0.2, 0) is 0 Å². The van der Waals surface area contributed by atoms with E-state index >= 15 is 0 Å². The zero-order chi connectivity index (χ0) is 20.3. The maximum Gasteiger partial charge on any atom is 0.196 e. The van der Waals surface area contributed by atoms with E-state index in [2.05, 4.69) is 20.6 Å². The van der Waals surface area contributed by atoms with Gasteiger partial charge in [0.25, 0.3) is 0 Å². The minimum atomic E-state index is -1.56. The Morgan fingerprint density at radius 2 is 1.43 bits per heavy atom. The van der Waals surface area contributed by atoms with Crippen LogP contribution in [0.1, 0.15) is 5.82 Å². The molecule has 2 N–H and O–H groups in total. The number of aryl methyl sites for hydroxylation is 1. The number of nitrogens with zero attached hydrogens (tertiary/aromatic N) is 2. The molecule has 0 fully saturated rings. The highest BCUT2D eigenvalue weighted by Crippen LogP contribution is 2.32. The molecular weight excluding hydrogens is 373 g/mol. The molecule has 0 spiro atoms. The van der Waals surface area contributed by atoms with Crippen LogP contribution in [0.15, 0.2) is 36.4 Å². The first-order valence-electron chi connectivity index (χ1n) is 8.16. The molecule has 146 valence electrons. The van der Waals surface area contributed by atoms with Crippen molar-refractivity contribution in [2.75, 3.05) is 24.9 Å². The lowest BCUT2D eigenvalue weighted by atomic mass is 10.2. The van der Waals surface area contributed by atoms with Crippen molar-refractivity contribution >= 4 is 23.0 Å².